The topological polar surface area (TPSA) is 86.7 Å². The highest BCUT2D eigenvalue weighted by atomic mass is 16.2. The number of nitrogens with zero attached hydrogens (tertiary/aromatic N) is 5. The van der Waals surface area contributed by atoms with Crippen LogP contribution in [0.4, 0.5) is 0 Å². The van der Waals surface area contributed by atoms with Crippen LogP contribution in [-0.4, -0.2) is 81.7 Å². The molecular weight excluding hydrogens is 346 g/mol. The van der Waals surface area contributed by atoms with Crippen LogP contribution in [0, 0.1) is 6.92 Å². The first-order valence-corrected chi connectivity index (χ1v) is 9.53. The molecule has 1 aromatic heterocycles. The largest absolute Gasteiger partial charge is 0.339 e. The number of piperazine rings is 1. The lowest BCUT2D eigenvalue weighted by Crippen LogP contribution is -2.50. The summed E-state index contributed by atoms with van der Waals surface area (Å²) in [6, 6.07) is 0. The van der Waals surface area contributed by atoms with E-state index < -0.39 is 0 Å². The Hall–Kier alpha value is -2.51. The van der Waals surface area contributed by atoms with Crippen LogP contribution in [0.15, 0.2) is 12.4 Å². The molecule has 0 N–H and O–H groups in total. The minimum atomic E-state index is -0.190. The number of unbranched alkanes of at least 4 members (excludes halogenated alkanes) is 1. The maximum Gasteiger partial charge on any atom is 0.274 e. The Morgan fingerprint density at radius 2 is 1.70 bits per heavy atom. The second-order valence-corrected chi connectivity index (χ2v) is 6.83. The summed E-state index contributed by atoms with van der Waals surface area (Å²) in [7, 11) is 0. The van der Waals surface area contributed by atoms with Crippen LogP contribution < -0.4 is 0 Å². The van der Waals surface area contributed by atoms with Crippen molar-refractivity contribution < 1.29 is 14.4 Å². The molecule has 0 saturated carbocycles. The predicted molar refractivity (Wildman–Crippen MR) is 101 cm³/mol. The zero-order valence-corrected chi connectivity index (χ0v) is 16.5. The Morgan fingerprint density at radius 1 is 1.04 bits per heavy atom. The smallest absolute Gasteiger partial charge is 0.274 e. The molecule has 8 heteroatoms. The number of rotatable bonds is 7. The molecule has 1 saturated heterocycles. The summed E-state index contributed by atoms with van der Waals surface area (Å²) in [6.07, 6.45) is 5.17. The molecule has 1 aliphatic heterocycles. The summed E-state index contributed by atoms with van der Waals surface area (Å²) in [5, 5.41) is 0. The fourth-order valence-corrected chi connectivity index (χ4v) is 2.99. The van der Waals surface area contributed by atoms with Gasteiger partial charge in [-0.2, -0.15) is 0 Å². The lowest BCUT2D eigenvalue weighted by Gasteiger charge is -2.34. The third kappa shape index (κ3) is 6.01. The van der Waals surface area contributed by atoms with E-state index in [-0.39, 0.29) is 24.1 Å². The summed E-state index contributed by atoms with van der Waals surface area (Å²) < 4.78 is 0. The van der Waals surface area contributed by atoms with Crippen LogP contribution in [0.3, 0.4) is 0 Å². The van der Waals surface area contributed by atoms with E-state index in [1.807, 2.05) is 6.92 Å². The molecule has 27 heavy (non-hydrogen) atoms. The Labute approximate surface area is 160 Å². The number of hydrogen-bond donors (Lipinski definition) is 0. The quantitative estimate of drug-likeness (QED) is 0.712. The van der Waals surface area contributed by atoms with Gasteiger partial charge in [0.25, 0.3) is 5.91 Å². The monoisotopic (exact) mass is 375 g/mol. The van der Waals surface area contributed by atoms with Gasteiger partial charge in [0.05, 0.1) is 11.9 Å². The molecule has 2 rings (SSSR count). The molecule has 0 radical (unpaired) electrons. The van der Waals surface area contributed by atoms with Crippen LogP contribution >= 0.6 is 0 Å². The first-order chi connectivity index (χ1) is 12.9. The summed E-state index contributed by atoms with van der Waals surface area (Å²) in [5.41, 5.74) is 1.06. The maximum atomic E-state index is 12.7. The van der Waals surface area contributed by atoms with Gasteiger partial charge in [-0.25, -0.2) is 4.98 Å². The van der Waals surface area contributed by atoms with Crippen molar-refractivity contribution in [3.05, 3.63) is 23.8 Å². The van der Waals surface area contributed by atoms with Gasteiger partial charge in [0.1, 0.15) is 5.69 Å². The van der Waals surface area contributed by atoms with Crippen molar-refractivity contribution in [1.29, 1.82) is 0 Å². The molecule has 0 unspecified atom stereocenters. The normalized spacial score (nSPS) is 14.2. The molecule has 3 amide bonds. The van der Waals surface area contributed by atoms with Gasteiger partial charge in [-0.15, -0.1) is 0 Å². The lowest BCUT2D eigenvalue weighted by molar-refractivity contribution is -0.138. The van der Waals surface area contributed by atoms with Crippen molar-refractivity contribution in [2.75, 3.05) is 39.3 Å². The van der Waals surface area contributed by atoms with Gasteiger partial charge in [0, 0.05) is 58.8 Å². The molecule has 0 aliphatic carbocycles. The molecule has 0 atom stereocenters. The van der Waals surface area contributed by atoms with Crippen molar-refractivity contribution in [1.82, 2.24) is 24.7 Å². The Bertz CT molecular complexity index is 654. The van der Waals surface area contributed by atoms with E-state index in [0.29, 0.717) is 45.0 Å². The van der Waals surface area contributed by atoms with Gasteiger partial charge in [0.15, 0.2) is 0 Å². The van der Waals surface area contributed by atoms with Crippen molar-refractivity contribution in [2.45, 2.75) is 40.0 Å². The first-order valence-electron chi connectivity index (χ1n) is 9.53. The van der Waals surface area contributed by atoms with Crippen LogP contribution in [-0.2, 0) is 9.59 Å². The van der Waals surface area contributed by atoms with Crippen LogP contribution in [0.25, 0.3) is 0 Å². The van der Waals surface area contributed by atoms with Crippen LogP contribution in [0.5, 0.6) is 0 Å². The van der Waals surface area contributed by atoms with Crippen LogP contribution in [0.1, 0.15) is 49.3 Å². The number of carbonyl (C=O) groups excluding carboxylic acids is 3. The van der Waals surface area contributed by atoms with E-state index in [1.54, 1.807) is 27.8 Å². The fraction of sp³-hybridized carbons (Fsp3) is 0.632. The molecular formula is C19H29N5O3. The summed E-state index contributed by atoms with van der Waals surface area (Å²) in [4.78, 5) is 50.1. The maximum absolute atomic E-state index is 12.7. The van der Waals surface area contributed by atoms with Gasteiger partial charge >= 0.3 is 0 Å². The molecule has 148 valence electrons. The molecule has 1 fully saturated rings. The second-order valence-electron chi connectivity index (χ2n) is 6.83. The highest BCUT2D eigenvalue weighted by Crippen LogP contribution is 2.08. The molecule has 0 bridgehead atoms. The van der Waals surface area contributed by atoms with E-state index in [4.69, 9.17) is 0 Å². The Kier molecular flexibility index (Phi) is 7.69. The summed E-state index contributed by atoms with van der Waals surface area (Å²) >= 11 is 0. The minimum Gasteiger partial charge on any atom is -0.339 e. The fourth-order valence-electron chi connectivity index (χ4n) is 2.99. The SMILES string of the molecule is CCCCN(CCC(=O)N1CCN(C(C)=O)CC1)C(=O)c1cnc(C)cn1. The Morgan fingerprint density at radius 3 is 2.26 bits per heavy atom. The van der Waals surface area contributed by atoms with Crippen LogP contribution in [0.2, 0.25) is 0 Å². The third-order valence-corrected chi connectivity index (χ3v) is 4.74. The van der Waals surface area contributed by atoms with Gasteiger partial charge in [0.2, 0.25) is 11.8 Å². The van der Waals surface area contributed by atoms with Gasteiger partial charge in [-0.1, -0.05) is 13.3 Å². The highest BCUT2D eigenvalue weighted by Gasteiger charge is 2.24. The number of amides is 3. The molecule has 2 heterocycles. The van der Waals surface area contributed by atoms with E-state index in [0.717, 1.165) is 18.5 Å². The number of carbonyl (C=O) groups is 3. The molecule has 8 nitrogen and oxygen atoms in total. The van der Waals surface area contributed by atoms with E-state index in [1.165, 1.54) is 6.20 Å². The zero-order chi connectivity index (χ0) is 19.8. The molecule has 0 aromatic carbocycles. The van der Waals surface area contributed by atoms with E-state index in [2.05, 4.69) is 16.9 Å². The van der Waals surface area contributed by atoms with Crippen molar-refractivity contribution in [3.8, 4) is 0 Å². The minimum absolute atomic E-state index is 0.0162. The average molecular weight is 375 g/mol. The third-order valence-electron chi connectivity index (χ3n) is 4.74. The standard InChI is InChI=1S/C19H29N5O3/c1-4-5-7-24(19(27)17-14-20-15(2)13-21-17)8-6-18(26)23-11-9-22(10-12-23)16(3)25/h13-14H,4-12H2,1-3H3. The first kappa shape index (κ1) is 20.8. The summed E-state index contributed by atoms with van der Waals surface area (Å²) in [6.45, 7) is 8.61. The average Bonchev–Trinajstić information content (AvgIpc) is 2.68. The highest BCUT2D eigenvalue weighted by molar-refractivity contribution is 5.92. The zero-order valence-electron chi connectivity index (χ0n) is 16.5. The van der Waals surface area contributed by atoms with Crippen molar-refractivity contribution >= 4 is 17.7 Å². The number of aryl methyl sites for hydroxylation is 1. The van der Waals surface area contributed by atoms with Crippen molar-refractivity contribution in [2.24, 2.45) is 0 Å². The predicted octanol–water partition coefficient (Wildman–Crippen LogP) is 1.11. The van der Waals surface area contributed by atoms with Gasteiger partial charge < -0.3 is 14.7 Å². The van der Waals surface area contributed by atoms with Gasteiger partial charge in [-0.05, 0) is 13.3 Å². The summed E-state index contributed by atoms with van der Waals surface area (Å²) in [5.74, 6) is -0.134. The number of hydrogen-bond acceptors (Lipinski definition) is 5. The van der Waals surface area contributed by atoms with E-state index in [9.17, 15) is 14.4 Å². The Balaban J connectivity index is 1.91. The second kappa shape index (κ2) is 9.99. The molecule has 1 aliphatic rings. The van der Waals surface area contributed by atoms with Crippen molar-refractivity contribution in [3.63, 3.8) is 0 Å². The van der Waals surface area contributed by atoms with E-state index >= 15 is 0 Å². The molecule has 1 aromatic rings. The number of aromatic nitrogens is 2. The lowest BCUT2D eigenvalue weighted by atomic mass is 10.2. The molecule has 0 spiro atoms. The van der Waals surface area contributed by atoms with Gasteiger partial charge in [-0.3, -0.25) is 19.4 Å².